The molecule has 0 radical (unpaired) electrons. The molecule has 3 heteroatoms. The number of rotatable bonds is 3. The van der Waals surface area contributed by atoms with Gasteiger partial charge in [0.25, 0.3) is 0 Å². The lowest BCUT2D eigenvalue weighted by atomic mass is 9.98. The Kier molecular flexibility index (Phi) is 2.52. The van der Waals surface area contributed by atoms with Crippen LogP contribution in [0.3, 0.4) is 0 Å². The van der Waals surface area contributed by atoms with Crippen molar-refractivity contribution in [3.05, 3.63) is 0 Å². The first kappa shape index (κ1) is 11.8. The van der Waals surface area contributed by atoms with Gasteiger partial charge < -0.3 is 5.32 Å². The number of hydrogen-bond acceptors (Lipinski definition) is 1. The van der Waals surface area contributed by atoms with Crippen LogP contribution in [0.2, 0.25) is 0 Å². The third-order valence-corrected chi connectivity index (χ3v) is 6.02. The van der Waals surface area contributed by atoms with Crippen molar-refractivity contribution >= 4 is 17.5 Å². The Morgan fingerprint density at radius 3 is 2.29 bits per heavy atom. The Bertz CT molecular complexity index is 336. The highest BCUT2D eigenvalue weighted by atomic mass is 35.5. The zero-order valence-electron chi connectivity index (χ0n) is 10.9. The first-order chi connectivity index (χ1) is 7.92. The lowest BCUT2D eigenvalue weighted by Gasteiger charge is -2.29. The summed E-state index contributed by atoms with van der Waals surface area (Å²) in [5.41, 5.74) is -0.297. The summed E-state index contributed by atoms with van der Waals surface area (Å²) in [4.78, 5) is 12.3. The molecule has 1 amide bonds. The highest BCUT2D eigenvalue weighted by Gasteiger charge is 2.67. The van der Waals surface area contributed by atoms with Crippen molar-refractivity contribution in [3.63, 3.8) is 0 Å². The van der Waals surface area contributed by atoms with E-state index in [4.69, 9.17) is 11.6 Å². The van der Waals surface area contributed by atoms with Gasteiger partial charge in [-0.1, -0.05) is 0 Å². The van der Waals surface area contributed by atoms with Gasteiger partial charge >= 0.3 is 0 Å². The summed E-state index contributed by atoms with van der Waals surface area (Å²) in [6.07, 6.45) is 4.13. The van der Waals surface area contributed by atoms with Crippen molar-refractivity contribution in [1.29, 1.82) is 0 Å². The lowest BCUT2D eigenvalue weighted by Crippen LogP contribution is -2.50. The van der Waals surface area contributed by atoms with E-state index in [2.05, 4.69) is 5.32 Å². The maximum Gasteiger partial charge on any atom is 0.224 e. The molecule has 0 aliphatic heterocycles. The predicted octanol–water partition coefficient (Wildman–Crippen LogP) is 2.80. The van der Waals surface area contributed by atoms with E-state index in [9.17, 15) is 4.79 Å². The largest absolute Gasteiger partial charge is 0.349 e. The molecular formula is C14H22ClNO. The van der Waals surface area contributed by atoms with Crippen molar-refractivity contribution < 1.29 is 4.79 Å². The van der Waals surface area contributed by atoms with Gasteiger partial charge in [0.2, 0.25) is 5.91 Å². The van der Waals surface area contributed by atoms with Crippen LogP contribution in [0.15, 0.2) is 0 Å². The predicted molar refractivity (Wildman–Crippen MR) is 68.8 cm³/mol. The van der Waals surface area contributed by atoms with Crippen LogP contribution in [0, 0.1) is 29.6 Å². The third kappa shape index (κ3) is 1.71. The number of nitrogens with one attached hydrogen (secondary N) is 1. The van der Waals surface area contributed by atoms with E-state index in [1.165, 1.54) is 19.3 Å². The van der Waals surface area contributed by atoms with Crippen molar-refractivity contribution in [2.24, 2.45) is 29.6 Å². The molecule has 3 fully saturated rings. The molecule has 0 aromatic carbocycles. The van der Waals surface area contributed by atoms with Gasteiger partial charge in [0.15, 0.2) is 0 Å². The van der Waals surface area contributed by atoms with Gasteiger partial charge in [-0.25, -0.2) is 0 Å². The molecule has 17 heavy (non-hydrogen) atoms. The summed E-state index contributed by atoms with van der Waals surface area (Å²) in [5, 5.41) is 3.10. The zero-order chi connectivity index (χ0) is 12.4. The standard InChI is InChI=1S/C14H22ClNO/c1-7(15)14(2,3)16-13(17)12-10-8-4-5-9(6-8)11(10)12/h7-12H,4-6H2,1-3H3,(H,16,17). The second kappa shape index (κ2) is 3.63. The molecule has 0 saturated heterocycles. The Morgan fingerprint density at radius 2 is 1.82 bits per heavy atom. The number of halogens is 1. The fourth-order valence-electron chi connectivity index (χ4n) is 4.18. The smallest absolute Gasteiger partial charge is 0.224 e. The molecule has 0 spiro atoms. The van der Waals surface area contributed by atoms with Gasteiger partial charge in [-0.2, -0.15) is 0 Å². The highest BCUT2D eigenvalue weighted by Crippen LogP contribution is 2.69. The van der Waals surface area contributed by atoms with E-state index in [-0.39, 0.29) is 16.8 Å². The second-order valence-electron chi connectivity index (χ2n) is 6.84. The molecule has 96 valence electrons. The first-order valence-electron chi connectivity index (χ1n) is 6.88. The summed E-state index contributed by atoms with van der Waals surface area (Å²) < 4.78 is 0. The lowest BCUT2D eigenvalue weighted by molar-refractivity contribution is -0.124. The number of hydrogen-bond donors (Lipinski definition) is 1. The van der Waals surface area contributed by atoms with E-state index < -0.39 is 0 Å². The Morgan fingerprint density at radius 1 is 1.29 bits per heavy atom. The molecule has 2 nitrogen and oxygen atoms in total. The molecule has 0 aromatic rings. The van der Waals surface area contributed by atoms with Gasteiger partial charge in [0, 0.05) is 5.92 Å². The van der Waals surface area contributed by atoms with Gasteiger partial charge in [-0.3, -0.25) is 4.79 Å². The molecule has 3 aliphatic carbocycles. The summed E-state index contributed by atoms with van der Waals surface area (Å²) in [6.45, 7) is 5.96. The van der Waals surface area contributed by atoms with Crippen LogP contribution in [0.25, 0.3) is 0 Å². The van der Waals surface area contributed by atoms with Crippen LogP contribution in [0.4, 0.5) is 0 Å². The van der Waals surface area contributed by atoms with Gasteiger partial charge in [-0.15, -0.1) is 11.6 Å². The van der Waals surface area contributed by atoms with Crippen LogP contribution in [-0.4, -0.2) is 16.8 Å². The van der Waals surface area contributed by atoms with Gasteiger partial charge in [0.1, 0.15) is 0 Å². The molecular weight excluding hydrogens is 234 g/mol. The molecule has 3 saturated carbocycles. The van der Waals surface area contributed by atoms with Crippen LogP contribution >= 0.6 is 11.6 Å². The number of alkyl halides is 1. The fourth-order valence-corrected chi connectivity index (χ4v) is 4.23. The Labute approximate surface area is 108 Å². The number of carbonyl (C=O) groups excluding carboxylic acids is 1. The van der Waals surface area contributed by atoms with Gasteiger partial charge in [0.05, 0.1) is 10.9 Å². The first-order valence-corrected chi connectivity index (χ1v) is 7.31. The summed E-state index contributed by atoms with van der Waals surface area (Å²) >= 11 is 6.11. The maximum absolute atomic E-state index is 12.3. The summed E-state index contributed by atoms with van der Waals surface area (Å²) in [5.74, 6) is 3.73. The van der Waals surface area contributed by atoms with E-state index in [1.54, 1.807) is 0 Å². The van der Waals surface area contributed by atoms with Crippen molar-refractivity contribution in [2.45, 2.75) is 50.9 Å². The fraction of sp³-hybridized carbons (Fsp3) is 0.929. The van der Waals surface area contributed by atoms with Crippen LogP contribution in [-0.2, 0) is 4.79 Å². The van der Waals surface area contributed by atoms with Crippen LogP contribution in [0.1, 0.15) is 40.0 Å². The number of fused-ring (bicyclic) bond motifs is 5. The van der Waals surface area contributed by atoms with Crippen LogP contribution in [0.5, 0.6) is 0 Å². The van der Waals surface area contributed by atoms with E-state index in [1.807, 2.05) is 20.8 Å². The minimum Gasteiger partial charge on any atom is -0.349 e. The molecule has 0 aromatic heterocycles. The van der Waals surface area contributed by atoms with Crippen molar-refractivity contribution in [1.82, 2.24) is 5.32 Å². The SMILES string of the molecule is CC(Cl)C(C)(C)NC(=O)C1C2C3CCC(C3)C12. The topological polar surface area (TPSA) is 29.1 Å². The Hall–Kier alpha value is -0.240. The molecule has 5 atom stereocenters. The van der Waals surface area contributed by atoms with Gasteiger partial charge in [-0.05, 0) is 63.7 Å². The van der Waals surface area contributed by atoms with E-state index >= 15 is 0 Å². The monoisotopic (exact) mass is 255 g/mol. The average Bonchev–Trinajstić information content (AvgIpc) is 2.68. The van der Waals surface area contributed by atoms with Crippen LogP contribution < -0.4 is 5.32 Å². The molecule has 1 N–H and O–H groups in total. The van der Waals surface area contributed by atoms with E-state index in [0.29, 0.717) is 5.92 Å². The molecule has 3 aliphatic rings. The number of amides is 1. The molecule has 2 bridgehead atoms. The number of carbonyl (C=O) groups is 1. The van der Waals surface area contributed by atoms with Crippen molar-refractivity contribution in [2.75, 3.05) is 0 Å². The maximum atomic E-state index is 12.3. The third-order valence-electron chi connectivity index (χ3n) is 5.48. The van der Waals surface area contributed by atoms with Crippen molar-refractivity contribution in [3.8, 4) is 0 Å². The normalized spacial score (nSPS) is 44.4. The Balaban J connectivity index is 1.63. The minimum absolute atomic E-state index is 0.0400. The van der Waals surface area contributed by atoms with E-state index in [0.717, 1.165) is 23.7 Å². The molecule has 3 rings (SSSR count). The minimum atomic E-state index is -0.297. The quantitative estimate of drug-likeness (QED) is 0.772. The second-order valence-corrected chi connectivity index (χ2v) is 7.50. The zero-order valence-corrected chi connectivity index (χ0v) is 11.6. The highest BCUT2D eigenvalue weighted by molar-refractivity contribution is 6.21. The summed E-state index contributed by atoms with van der Waals surface area (Å²) in [6, 6.07) is 0. The summed E-state index contributed by atoms with van der Waals surface area (Å²) in [7, 11) is 0. The average molecular weight is 256 g/mol. The molecule has 0 heterocycles. The molecule has 5 unspecified atom stereocenters.